The zero-order valence-electron chi connectivity index (χ0n) is 20.8. The van der Waals surface area contributed by atoms with Crippen molar-refractivity contribution in [2.24, 2.45) is 9.98 Å². The minimum absolute atomic E-state index is 0.163. The van der Waals surface area contributed by atoms with Crippen LogP contribution in [-0.4, -0.2) is 104 Å². The Morgan fingerprint density at radius 3 is 2.68 bits per heavy atom. The first-order valence-corrected chi connectivity index (χ1v) is 12.1. The molecule has 5 rings (SSSR count). The quantitative estimate of drug-likeness (QED) is 0.519. The average Bonchev–Trinajstić information content (AvgIpc) is 3.43. The van der Waals surface area contributed by atoms with E-state index in [4.69, 9.17) is 28.7 Å². The van der Waals surface area contributed by atoms with Crippen LogP contribution in [0.2, 0.25) is 0 Å². The molecule has 13 heteroatoms. The number of ether oxygens (including phenoxy) is 5. The van der Waals surface area contributed by atoms with E-state index < -0.39 is 6.09 Å². The Morgan fingerprint density at radius 2 is 1.92 bits per heavy atom. The molecule has 0 spiro atoms. The number of amidine groups is 1. The Kier molecular flexibility index (Phi) is 7.61. The lowest BCUT2D eigenvalue weighted by atomic mass is 10.1. The molecule has 1 amide bonds. The highest BCUT2D eigenvalue weighted by Gasteiger charge is 2.33. The lowest BCUT2D eigenvalue weighted by molar-refractivity contribution is 0.0357. The normalized spacial score (nSPS) is 16.8. The molecule has 4 heterocycles. The number of rotatable bonds is 8. The maximum atomic E-state index is 12.6. The van der Waals surface area contributed by atoms with Crippen molar-refractivity contribution in [3.63, 3.8) is 0 Å². The number of guanidine groups is 1. The van der Waals surface area contributed by atoms with Crippen molar-refractivity contribution < 1.29 is 28.5 Å². The molecule has 1 aromatic carbocycles. The lowest BCUT2D eigenvalue weighted by Crippen LogP contribution is -2.48. The summed E-state index contributed by atoms with van der Waals surface area (Å²) in [5, 5.41) is 2.70. The number of carbonyl (C=O) groups is 1. The van der Waals surface area contributed by atoms with Gasteiger partial charge in [-0.25, -0.2) is 9.79 Å². The minimum atomic E-state index is -0.739. The molecule has 0 saturated carbocycles. The molecule has 3 aliphatic rings. The number of nitrogens with one attached hydrogen (secondary N) is 1. The molecule has 0 unspecified atom stereocenters. The maximum Gasteiger partial charge on any atom is 0.419 e. The van der Waals surface area contributed by atoms with Crippen molar-refractivity contribution in [2.45, 2.75) is 6.42 Å². The van der Waals surface area contributed by atoms with E-state index in [-0.39, 0.29) is 17.7 Å². The Balaban J connectivity index is 1.30. The van der Waals surface area contributed by atoms with Gasteiger partial charge in [0.2, 0.25) is 5.96 Å². The fraction of sp³-hybridized carbons (Fsp3) is 0.458. The second kappa shape index (κ2) is 11.4. The van der Waals surface area contributed by atoms with Gasteiger partial charge in [0.1, 0.15) is 11.5 Å². The van der Waals surface area contributed by atoms with Gasteiger partial charge in [-0.3, -0.25) is 20.1 Å². The molecule has 0 aliphatic carbocycles. The van der Waals surface area contributed by atoms with Gasteiger partial charge in [0.25, 0.3) is 0 Å². The number of methoxy groups -OCH3 is 2. The standard InChI is InChI=1S/C24H29N7O6/c1-33-20-18(36-11-3-7-30-9-12-35-13-10-30)5-4-17-19(20)28-22(31-8-6-25-21(17)31)29-24(32)37-16-14-26-23(34-2)27-15-16/h4-5,14-15H,3,6-13H2,1-2H3,(H,28,29,32). The second-order valence-electron chi connectivity index (χ2n) is 8.36. The third-order valence-corrected chi connectivity index (χ3v) is 6.05. The van der Waals surface area contributed by atoms with Gasteiger partial charge in [-0.15, -0.1) is 0 Å². The van der Waals surface area contributed by atoms with Crippen LogP contribution in [0.5, 0.6) is 23.3 Å². The van der Waals surface area contributed by atoms with E-state index in [0.29, 0.717) is 42.7 Å². The van der Waals surface area contributed by atoms with E-state index in [1.165, 1.54) is 19.5 Å². The van der Waals surface area contributed by atoms with Crippen LogP contribution in [0.4, 0.5) is 10.5 Å². The number of hydrogen-bond acceptors (Lipinski definition) is 12. The molecular formula is C24H29N7O6. The highest BCUT2D eigenvalue weighted by molar-refractivity contribution is 6.18. The van der Waals surface area contributed by atoms with E-state index in [0.717, 1.165) is 44.8 Å². The monoisotopic (exact) mass is 511 g/mol. The number of fused-ring (bicyclic) bond motifs is 3. The highest BCUT2D eigenvalue weighted by Crippen LogP contribution is 2.43. The largest absolute Gasteiger partial charge is 0.491 e. The third kappa shape index (κ3) is 5.57. The van der Waals surface area contributed by atoms with Crippen LogP contribution in [0.25, 0.3) is 0 Å². The number of aromatic nitrogens is 2. The molecule has 1 saturated heterocycles. The minimum Gasteiger partial charge on any atom is -0.491 e. The highest BCUT2D eigenvalue weighted by atomic mass is 16.6. The van der Waals surface area contributed by atoms with Crippen LogP contribution >= 0.6 is 0 Å². The Bertz CT molecular complexity index is 1180. The van der Waals surface area contributed by atoms with Crippen molar-refractivity contribution in [2.75, 3.05) is 66.8 Å². The van der Waals surface area contributed by atoms with Crippen LogP contribution in [0.1, 0.15) is 12.0 Å². The van der Waals surface area contributed by atoms with Gasteiger partial charge in [0.15, 0.2) is 17.2 Å². The van der Waals surface area contributed by atoms with Crippen LogP contribution in [-0.2, 0) is 4.74 Å². The molecule has 0 atom stereocenters. The van der Waals surface area contributed by atoms with Gasteiger partial charge in [-0.2, -0.15) is 9.97 Å². The van der Waals surface area contributed by atoms with E-state index in [9.17, 15) is 4.79 Å². The maximum absolute atomic E-state index is 12.6. The molecule has 2 aromatic rings. The average molecular weight is 512 g/mol. The van der Waals surface area contributed by atoms with Gasteiger partial charge in [0.05, 0.1) is 53.0 Å². The molecular weight excluding hydrogens is 482 g/mol. The number of carbonyl (C=O) groups excluding carboxylic acids is 1. The molecule has 1 aromatic heterocycles. The van der Waals surface area contributed by atoms with Crippen molar-refractivity contribution in [1.82, 2.24) is 25.1 Å². The van der Waals surface area contributed by atoms with Crippen LogP contribution in [0, 0.1) is 0 Å². The van der Waals surface area contributed by atoms with E-state index >= 15 is 0 Å². The van der Waals surface area contributed by atoms with E-state index in [1.54, 1.807) is 7.11 Å². The topological polar surface area (TPSA) is 132 Å². The fourth-order valence-electron chi connectivity index (χ4n) is 4.28. The molecule has 13 nitrogen and oxygen atoms in total. The fourth-order valence-corrected chi connectivity index (χ4v) is 4.28. The van der Waals surface area contributed by atoms with E-state index in [1.807, 2.05) is 17.0 Å². The second-order valence-corrected chi connectivity index (χ2v) is 8.36. The Hall–Kier alpha value is -3.97. The van der Waals surface area contributed by atoms with Gasteiger partial charge in [0, 0.05) is 31.7 Å². The van der Waals surface area contributed by atoms with E-state index in [2.05, 4.69) is 25.2 Å². The van der Waals surface area contributed by atoms with Crippen LogP contribution < -0.4 is 24.3 Å². The summed E-state index contributed by atoms with van der Waals surface area (Å²) >= 11 is 0. The summed E-state index contributed by atoms with van der Waals surface area (Å²) in [4.78, 5) is 34.0. The van der Waals surface area contributed by atoms with Gasteiger partial charge >= 0.3 is 12.1 Å². The SMILES string of the molecule is COc1ncc(OC(=O)NC2=Nc3c(ccc(OCCCN4CCOCC4)c3OC)C3=NCCN23)cn1. The molecule has 196 valence electrons. The first kappa shape index (κ1) is 24.7. The summed E-state index contributed by atoms with van der Waals surface area (Å²) in [6.45, 7) is 6.05. The summed E-state index contributed by atoms with van der Waals surface area (Å²) in [7, 11) is 3.02. The zero-order valence-corrected chi connectivity index (χ0v) is 20.8. The smallest absolute Gasteiger partial charge is 0.419 e. The van der Waals surface area contributed by atoms with Crippen molar-refractivity contribution in [3.05, 3.63) is 30.1 Å². The summed E-state index contributed by atoms with van der Waals surface area (Å²) in [6.07, 6.45) is 2.82. The van der Waals surface area contributed by atoms with Crippen LogP contribution in [0.15, 0.2) is 34.5 Å². The van der Waals surface area contributed by atoms with Crippen molar-refractivity contribution >= 4 is 23.6 Å². The number of hydrogen-bond donors (Lipinski definition) is 1. The van der Waals surface area contributed by atoms with Gasteiger partial charge < -0.3 is 23.7 Å². The number of nitrogens with zero attached hydrogens (tertiary/aromatic N) is 6. The number of morpholine rings is 1. The third-order valence-electron chi connectivity index (χ3n) is 6.05. The van der Waals surface area contributed by atoms with Crippen molar-refractivity contribution in [3.8, 4) is 23.3 Å². The van der Waals surface area contributed by atoms with Crippen LogP contribution in [0.3, 0.4) is 0 Å². The lowest BCUT2D eigenvalue weighted by Gasteiger charge is -2.28. The van der Waals surface area contributed by atoms with Crippen molar-refractivity contribution in [1.29, 1.82) is 0 Å². The number of aliphatic imine (C=N–C) groups is 2. The molecule has 3 aliphatic heterocycles. The zero-order chi connectivity index (χ0) is 25.6. The number of amides is 1. The molecule has 1 fully saturated rings. The first-order valence-electron chi connectivity index (χ1n) is 12.1. The first-order chi connectivity index (χ1) is 18.2. The Labute approximate surface area is 214 Å². The summed E-state index contributed by atoms with van der Waals surface area (Å²) in [5.74, 6) is 2.21. The summed E-state index contributed by atoms with van der Waals surface area (Å²) < 4.78 is 27.4. The van der Waals surface area contributed by atoms with Gasteiger partial charge in [-0.05, 0) is 18.6 Å². The number of benzene rings is 1. The summed E-state index contributed by atoms with van der Waals surface area (Å²) in [5.41, 5.74) is 1.34. The summed E-state index contributed by atoms with van der Waals surface area (Å²) in [6, 6.07) is 3.96. The predicted octanol–water partition coefficient (Wildman–Crippen LogP) is 1.45. The molecule has 0 bridgehead atoms. The van der Waals surface area contributed by atoms with Gasteiger partial charge in [-0.1, -0.05) is 0 Å². The predicted molar refractivity (Wildman–Crippen MR) is 133 cm³/mol. The molecule has 37 heavy (non-hydrogen) atoms. The molecule has 0 radical (unpaired) electrons. The molecule has 1 N–H and O–H groups in total. The Morgan fingerprint density at radius 1 is 1.11 bits per heavy atom.